The van der Waals surface area contributed by atoms with Crippen LogP contribution in [0.3, 0.4) is 0 Å². The van der Waals surface area contributed by atoms with Crippen LogP contribution in [0.2, 0.25) is 0 Å². The van der Waals surface area contributed by atoms with Crippen LogP contribution in [0.15, 0.2) is 36.9 Å². The fourth-order valence-corrected chi connectivity index (χ4v) is 2.87. The third kappa shape index (κ3) is 3.30. The molecule has 1 heterocycles. The van der Waals surface area contributed by atoms with Crippen molar-refractivity contribution in [3.63, 3.8) is 0 Å². The van der Waals surface area contributed by atoms with E-state index >= 15 is 0 Å². The summed E-state index contributed by atoms with van der Waals surface area (Å²) < 4.78 is 5.16. The van der Waals surface area contributed by atoms with Gasteiger partial charge in [-0.15, -0.1) is 6.58 Å². The Labute approximate surface area is 130 Å². The summed E-state index contributed by atoms with van der Waals surface area (Å²) in [7, 11) is 3.36. The van der Waals surface area contributed by atoms with Crippen LogP contribution < -0.4 is 10.1 Å². The summed E-state index contributed by atoms with van der Waals surface area (Å²) in [6.45, 7) is 4.04. The number of likely N-dealkylation sites (tertiary alicyclic amines) is 1. The van der Waals surface area contributed by atoms with Crippen LogP contribution in [0.5, 0.6) is 5.75 Å². The van der Waals surface area contributed by atoms with E-state index in [1.54, 1.807) is 25.1 Å². The predicted molar refractivity (Wildman–Crippen MR) is 84.4 cm³/mol. The van der Waals surface area contributed by atoms with Gasteiger partial charge in [0.2, 0.25) is 11.8 Å². The van der Waals surface area contributed by atoms with Crippen LogP contribution in [0.25, 0.3) is 0 Å². The Morgan fingerprint density at radius 3 is 2.73 bits per heavy atom. The zero-order valence-corrected chi connectivity index (χ0v) is 13.0. The number of ether oxygens (including phenoxy) is 1. The van der Waals surface area contributed by atoms with Crippen molar-refractivity contribution in [3.05, 3.63) is 42.5 Å². The van der Waals surface area contributed by atoms with Crippen LogP contribution in [-0.2, 0) is 9.59 Å². The Balaban J connectivity index is 2.28. The molecule has 1 aliphatic rings. The summed E-state index contributed by atoms with van der Waals surface area (Å²) in [5.41, 5.74) is 0.940. The fourth-order valence-electron chi connectivity index (χ4n) is 2.87. The highest BCUT2D eigenvalue weighted by molar-refractivity contribution is 5.85. The molecule has 1 fully saturated rings. The fraction of sp³-hybridized carbons (Fsp3) is 0.412. The second-order valence-electron chi connectivity index (χ2n) is 5.40. The van der Waals surface area contributed by atoms with E-state index in [0.717, 1.165) is 11.3 Å². The van der Waals surface area contributed by atoms with Gasteiger partial charge in [0.1, 0.15) is 5.75 Å². The van der Waals surface area contributed by atoms with E-state index in [1.807, 2.05) is 24.3 Å². The van der Waals surface area contributed by atoms with Crippen molar-refractivity contribution >= 4 is 11.8 Å². The first-order chi connectivity index (χ1) is 10.6. The summed E-state index contributed by atoms with van der Waals surface area (Å²) in [4.78, 5) is 26.1. The lowest BCUT2D eigenvalue weighted by atomic mass is 9.84. The van der Waals surface area contributed by atoms with Gasteiger partial charge in [-0.05, 0) is 24.1 Å². The topological polar surface area (TPSA) is 58.6 Å². The predicted octanol–water partition coefficient (Wildman–Crippen LogP) is 1.91. The van der Waals surface area contributed by atoms with Gasteiger partial charge in [-0.1, -0.05) is 18.2 Å². The number of carbonyl (C=O) groups excluding carboxylic acids is 2. The molecule has 2 rings (SSSR count). The number of hydrogen-bond acceptors (Lipinski definition) is 3. The van der Waals surface area contributed by atoms with E-state index in [1.165, 1.54) is 0 Å². The highest BCUT2D eigenvalue weighted by Crippen LogP contribution is 2.36. The normalized spacial score (nSPS) is 21.4. The molecule has 0 unspecified atom stereocenters. The maximum absolute atomic E-state index is 12.4. The molecule has 1 saturated heterocycles. The number of rotatable bonds is 5. The lowest BCUT2D eigenvalue weighted by Crippen LogP contribution is -2.46. The molecule has 1 aromatic carbocycles. The highest BCUT2D eigenvalue weighted by Gasteiger charge is 2.38. The molecule has 1 aliphatic heterocycles. The third-order valence-corrected chi connectivity index (χ3v) is 4.08. The van der Waals surface area contributed by atoms with Crippen molar-refractivity contribution in [2.24, 2.45) is 5.92 Å². The van der Waals surface area contributed by atoms with E-state index in [4.69, 9.17) is 4.74 Å². The number of hydrogen-bond donors (Lipinski definition) is 1. The molecule has 22 heavy (non-hydrogen) atoms. The van der Waals surface area contributed by atoms with Gasteiger partial charge in [-0.2, -0.15) is 0 Å². The minimum Gasteiger partial charge on any atom is -0.497 e. The summed E-state index contributed by atoms with van der Waals surface area (Å²) in [6.07, 6.45) is 2.61. The molecular weight excluding hydrogens is 280 g/mol. The molecule has 2 amide bonds. The first-order valence-corrected chi connectivity index (χ1v) is 7.36. The first kappa shape index (κ1) is 16.1. The van der Waals surface area contributed by atoms with Crippen molar-refractivity contribution in [3.8, 4) is 5.75 Å². The van der Waals surface area contributed by atoms with E-state index in [-0.39, 0.29) is 23.8 Å². The van der Waals surface area contributed by atoms with Gasteiger partial charge in [0.05, 0.1) is 19.1 Å². The van der Waals surface area contributed by atoms with Gasteiger partial charge < -0.3 is 15.0 Å². The number of piperidine rings is 1. The number of carbonyl (C=O) groups is 2. The average molecular weight is 302 g/mol. The molecular formula is C17H22N2O3. The molecule has 0 aliphatic carbocycles. The molecule has 0 saturated carbocycles. The van der Waals surface area contributed by atoms with Gasteiger partial charge >= 0.3 is 0 Å². The van der Waals surface area contributed by atoms with Gasteiger partial charge in [-0.25, -0.2) is 0 Å². The molecule has 5 nitrogen and oxygen atoms in total. The van der Waals surface area contributed by atoms with Crippen molar-refractivity contribution in [2.45, 2.75) is 18.9 Å². The van der Waals surface area contributed by atoms with Crippen molar-refractivity contribution in [1.82, 2.24) is 10.2 Å². The molecule has 118 valence electrons. The van der Waals surface area contributed by atoms with Crippen LogP contribution in [0.1, 0.15) is 24.4 Å². The lowest BCUT2D eigenvalue weighted by Gasteiger charge is -2.38. The second-order valence-corrected chi connectivity index (χ2v) is 5.40. The Morgan fingerprint density at radius 2 is 2.14 bits per heavy atom. The molecule has 0 aromatic heterocycles. The summed E-state index contributed by atoms with van der Waals surface area (Å²) >= 11 is 0. The summed E-state index contributed by atoms with van der Waals surface area (Å²) in [5.74, 6) is 0.519. The van der Waals surface area contributed by atoms with Gasteiger partial charge in [-0.3, -0.25) is 9.59 Å². The number of amides is 2. The van der Waals surface area contributed by atoms with Crippen LogP contribution >= 0.6 is 0 Å². The van der Waals surface area contributed by atoms with E-state index < -0.39 is 0 Å². The molecule has 0 radical (unpaired) electrons. The first-order valence-electron chi connectivity index (χ1n) is 7.36. The largest absolute Gasteiger partial charge is 0.497 e. The number of methoxy groups -OCH3 is 1. The second kappa shape index (κ2) is 7.11. The smallest absolute Gasteiger partial charge is 0.225 e. The maximum atomic E-state index is 12.4. The van der Waals surface area contributed by atoms with Crippen LogP contribution in [0.4, 0.5) is 0 Å². The third-order valence-electron chi connectivity index (χ3n) is 4.08. The SMILES string of the molecule is C=CCNC(=O)[C@@H]1CCC(=O)N(C)[C@@H]1c1ccc(OC)cc1. The van der Waals surface area contributed by atoms with Gasteiger partial charge in [0.25, 0.3) is 0 Å². The monoisotopic (exact) mass is 302 g/mol. The van der Waals surface area contributed by atoms with Gasteiger partial charge in [0.15, 0.2) is 0 Å². The minimum atomic E-state index is -0.254. The van der Waals surface area contributed by atoms with Gasteiger partial charge in [0, 0.05) is 20.0 Å². The quantitative estimate of drug-likeness (QED) is 0.845. The highest BCUT2D eigenvalue weighted by atomic mass is 16.5. The zero-order valence-electron chi connectivity index (χ0n) is 13.0. The Hall–Kier alpha value is -2.30. The van der Waals surface area contributed by atoms with Crippen molar-refractivity contribution in [2.75, 3.05) is 20.7 Å². The summed E-state index contributed by atoms with van der Waals surface area (Å²) in [6, 6.07) is 7.26. The van der Waals surface area contributed by atoms with E-state index in [9.17, 15) is 9.59 Å². The van der Waals surface area contributed by atoms with Crippen molar-refractivity contribution in [1.29, 1.82) is 0 Å². The maximum Gasteiger partial charge on any atom is 0.225 e. The average Bonchev–Trinajstić information content (AvgIpc) is 2.55. The Morgan fingerprint density at radius 1 is 1.45 bits per heavy atom. The minimum absolute atomic E-state index is 0.0416. The molecule has 1 N–H and O–H groups in total. The molecule has 1 aromatic rings. The standard InChI is InChI=1S/C17H22N2O3/c1-4-11-18-17(21)14-9-10-15(20)19(2)16(14)12-5-7-13(22-3)8-6-12/h4-8,14,16H,1,9-11H2,2-3H3,(H,18,21)/t14-,16-/m1/s1. The number of nitrogens with one attached hydrogen (secondary N) is 1. The zero-order chi connectivity index (χ0) is 16.1. The van der Waals surface area contributed by atoms with E-state index in [0.29, 0.717) is 19.4 Å². The lowest BCUT2D eigenvalue weighted by molar-refractivity contribution is -0.141. The molecule has 5 heteroatoms. The molecule has 0 spiro atoms. The Bertz CT molecular complexity index is 554. The molecule has 2 atom stereocenters. The van der Waals surface area contributed by atoms with E-state index in [2.05, 4.69) is 11.9 Å². The van der Waals surface area contributed by atoms with Crippen LogP contribution in [0, 0.1) is 5.92 Å². The summed E-state index contributed by atoms with van der Waals surface area (Å²) in [5, 5.41) is 2.84. The number of nitrogens with zero attached hydrogens (tertiary/aromatic N) is 1. The molecule has 0 bridgehead atoms. The number of benzene rings is 1. The van der Waals surface area contributed by atoms with Crippen molar-refractivity contribution < 1.29 is 14.3 Å². The Kier molecular flexibility index (Phi) is 5.20. The van der Waals surface area contributed by atoms with Crippen LogP contribution in [-0.4, -0.2) is 37.4 Å².